The number of hydrogen-bond donors (Lipinski definition) is 0. The van der Waals surface area contributed by atoms with Crippen LogP contribution in [0.5, 0.6) is 0 Å². The molecule has 0 nitrogen and oxygen atoms in total. The van der Waals surface area contributed by atoms with Crippen LogP contribution in [0.25, 0.3) is 94.9 Å². The molecule has 0 atom stereocenters. The minimum Gasteiger partial charge on any atom is -0.135 e. The van der Waals surface area contributed by atoms with E-state index in [1.54, 1.807) is 0 Å². The van der Waals surface area contributed by atoms with Crippen LogP contribution in [0.1, 0.15) is 0 Å². The Morgan fingerprint density at radius 3 is 1.60 bits per heavy atom. The second kappa shape index (κ2) is 8.39. The lowest BCUT2D eigenvalue weighted by molar-refractivity contribution is 1.72. The van der Waals surface area contributed by atoms with Crippen LogP contribution in [0, 0.1) is 0 Å². The molecule has 0 radical (unpaired) electrons. The molecule has 0 N–H and O–H groups in total. The predicted molar refractivity (Wildman–Crippen MR) is 187 cm³/mol. The highest BCUT2D eigenvalue weighted by atomic mass is 32.1. The molecule has 0 fully saturated rings. The summed E-state index contributed by atoms with van der Waals surface area (Å²) in [5.74, 6) is 0. The Morgan fingerprint density at radius 1 is 0.333 bits per heavy atom. The molecule has 0 aliphatic heterocycles. The summed E-state index contributed by atoms with van der Waals surface area (Å²) < 4.78 is 5.43. The van der Waals surface area contributed by atoms with Crippen molar-refractivity contribution in [2.24, 2.45) is 0 Å². The summed E-state index contributed by atoms with van der Waals surface area (Å²) in [6, 6.07) is 49.8. The summed E-state index contributed by atoms with van der Waals surface area (Å²) in [5.41, 5.74) is 5.24. The van der Waals surface area contributed by atoms with Crippen molar-refractivity contribution in [3.8, 4) is 22.3 Å². The fourth-order valence-electron chi connectivity index (χ4n) is 7.14. The maximum atomic E-state index is 2.40. The van der Waals surface area contributed by atoms with E-state index in [9.17, 15) is 0 Å². The van der Waals surface area contributed by atoms with Crippen LogP contribution in [0.4, 0.5) is 0 Å². The molecule has 0 amide bonds. The van der Waals surface area contributed by atoms with Gasteiger partial charge in [-0.05, 0) is 73.3 Å². The largest absolute Gasteiger partial charge is 0.135 e. The lowest BCUT2D eigenvalue weighted by atomic mass is 9.88. The standard InChI is InChI=1S/C40H22S2/c1-3-13-35-29(7-1)33-11-5-9-27(39(33)41-35)26-21-24-16-15-23-17-19-28(31-20-18-25(22-26)37(24)38(23)31)32-10-6-12-34-30-8-2-4-14-36(30)42-40(32)34/h1-22H. The van der Waals surface area contributed by atoms with E-state index in [1.165, 1.54) is 94.9 Å². The Balaban J connectivity index is 1.24. The molecule has 0 spiro atoms. The van der Waals surface area contributed by atoms with Gasteiger partial charge in [0.2, 0.25) is 0 Å². The molecule has 0 bridgehead atoms. The Kier molecular flexibility index (Phi) is 4.57. The Morgan fingerprint density at radius 2 is 0.881 bits per heavy atom. The Labute approximate surface area is 250 Å². The van der Waals surface area contributed by atoms with Crippen LogP contribution >= 0.6 is 22.7 Å². The van der Waals surface area contributed by atoms with Gasteiger partial charge in [0.05, 0.1) is 0 Å². The van der Waals surface area contributed by atoms with Gasteiger partial charge >= 0.3 is 0 Å². The van der Waals surface area contributed by atoms with Crippen molar-refractivity contribution >= 4 is 95.3 Å². The summed E-state index contributed by atoms with van der Waals surface area (Å²) in [6.07, 6.45) is 0. The molecule has 0 saturated heterocycles. The normalized spacial score (nSPS) is 12.3. The quantitative estimate of drug-likeness (QED) is 0.183. The van der Waals surface area contributed by atoms with Crippen molar-refractivity contribution in [2.75, 3.05) is 0 Å². The second-order valence-electron chi connectivity index (χ2n) is 11.2. The van der Waals surface area contributed by atoms with Crippen LogP contribution in [0.2, 0.25) is 0 Å². The summed E-state index contributed by atoms with van der Waals surface area (Å²) >= 11 is 3.81. The van der Waals surface area contributed by atoms with Crippen LogP contribution in [-0.2, 0) is 0 Å². The number of thiophene rings is 2. The number of rotatable bonds is 2. The van der Waals surface area contributed by atoms with Gasteiger partial charge in [-0.1, -0.05) is 109 Å². The monoisotopic (exact) mass is 566 g/mol. The third-order valence-corrected chi connectivity index (χ3v) is 11.4. The molecule has 2 heteroatoms. The molecule has 2 heterocycles. The van der Waals surface area contributed by atoms with Gasteiger partial charge < -0.3 is 0 Å². The lowest BCUT2D eigenvalue weighted by Gasteiger charge is -2.16. The van der Waals surface area contributed by atoms with Gasteiger partial charge in [-0.2, -0.15) is 0 Å². The molecular formula is C40H22S2. The topological polar surface area (TPSA) is 0 Å². The van der Waals surface area contributed by atoms with Crippen molar-refractivity contribution in [1.29, 1.82) is 0 Å². The van der Waals surface area contributed by atoms with E-state index in [4.69, 9.17) is 0 Å². The van der Waals surface area contributed by atoms with Crippen molar-refractivity contribution < 1.29 is 0 Å². The van der Waals surface area contributed by atoms with Gasteiger partial charge in [-0.3, -0.25) is 0 Å². The van der Waals surface area contributed by atoms with Gasteiger partial charge in [-0.15, -0.1) is 22.7 Å². The number of benzene rings is 8. The Bertz CT molecular complexity index is 2670. The number of hydrogen-bond acceptors (Lipinski definition) is 2. The molecule has 10 rings (SSSR count). The summed E-state index contributed by atoms with van der Waals surface area (Å²) in [6.45, 7) is 0. The summed E-state index contributed by atoms with van der Waals surface area (Å²) in [4.78, 5) is 0. The Hall–Kier alpha value is -4.76. The second-order valence-corrected chi connectivity index (χ2v) is 13.4. The van der Waals surface area contributed by atoms with Crippen LogP contribution in [-0.4, -0.2) is 0 Å². The SMILES string of the molecule is c1ccc2c(c1)sc1c(-c3cc4ccc5ccc(-c6cccc7c6sc6ccccc67)c6ccc(c3)c4c56)cccc12. The van der Waals surface area contributed by atoms with Crippen LogP contribution < -0.4 is 0 Å². The molecule has 42 heavy (non-hydrogen) atoms. The molecule has 0 saturated carbocycles. The number of fused-ring (bicyclic) bond motifs is 6. The molecule has 0 unspecified atom stereocenters. The van der Waals surface area contributed by atoms with E-state index in [0.29, 0.717) is 0 Å². The van der Waals surface area contributed by atoms with Crippen molar-refractivity contribution in [2.45, 2.75) is 0 Å². The first-order chi connectivity index (χ1) is 20.8. The van der Waals surface area contributed by atoms with Gasteiger partial charge in [-0.25, -0.2) is 0 Å². The van der Waals surface area contributed by atoms with E-state index < -0.39 is 0 Å². The van der Waals surface area contributed by atoms with E-state index in [2.05, 4.69) is 133 Å². The minimum atomic E-state index is 1.29. The first kappa shape index (κ1) is 22.9. The average Bonchev–Trinajstić information content (AvgIpc) is 3.62. The van der Waals surface area contributed by atoms with E-state index in [0.717, 1.165) is 0 Å². The zero-order chi connectivity index (χ0) is 27.4. The molecular weight excluding hydrogens is 545 g/mol. The molecule has 194 valence electrons. The van der Waals surface area contributed by atoms with Gasteiger partial charge in [0, 0.05) is 45.9 Å². The van der Waals surface area contributed by atoms with Crippen molar-refractivity contribution in [1.82, 2.24) is 0 Å². The zero-order valence-electron chi connectivity index (χ0n) is 22.5. The summed E-state index contributed by atoms with van der Waals surface area (Å²) in [7, 11) is 0. The maximum absolute atomic E-state index is 2.40. The predicted octanol–water partition coefficient (Wildman–Crippen LogP) is 12.7. The highest BCUT2D eigenvalue weighted by molar-refractivity contribution is 7.26. The van der Waals surface area contributed by atoms with E-state index >= 15 is 0 Å². The van der Waals surface area contributed by atoms with Crippen LogP contribution in [0.3, 0.4) is 0 Å². The minimum absolute atomic E-state index is 1.29. The van der Waals surface area contributed by atoms with Crippen LogP contribution in [0.15, 0.2) is 133 Å². The van der Waals surface area contributed by atoms with Crippen molar-refractivity contribution in [3.05, 3.63) is 133 Å². The van der Waals surface area contributed by atoms with Crippen molar-refractivity contribution in [3.63, 3.8) is 0 Å². The van der Waals surface area contributed by atoms with Gasteiger partial charge in [0.15, 0.2) is 0 Å². The average molecular weight is 567 g/mol. The van der Waals surface area contributed by atoms with E-state index in [-0.39, 0.29) is 0 Å². The molecule has 0 aliphatic carbocycles. The fraction of sp³-hybridized carbons (Fsp3) is 0. The van der Waals surface area contributed by atoms with E-state index in [1.807, 2.05) is 22.7 Å². The highest BCUT2D eigenvalue weighted by Crippen LogP contribution is 2.46. The summed E-state index contributed by atoms with van der Waals surface area (Å²) in [5, 5.41) is 13.3. The lowest BCUT2D eigenvalue weighted by Crippen LogP contribution is -1.89. The molecule has 0 aliphatic rings. The third-order valence-electron chi connectivity index (χ3n) is 9.01. The maximum Gasteiger partial charge on any atom is 0.0434 e. The third kappa shape index (κ3) is 3.06. The smallest absolute Gasteiger partial charge is 0.0434 e. The first-order valence-electron chi connectivity index (χ1n) is 14.3. The zero-order valence-corrected chi connectivity index (χ0v) is 24.2. The molecule has 2 aromatic heterocycles. The van der Waals surface area contributed by atoms with Gasteiger partial charge in [0.1, 0.15) is 0 Å². The van der Waals surface area contributed by atoms with Gasteiger partial charge in [0.25, 0.3) is 0 Å². The molecule has 8 aromatic carbocycles. The fourth-order valence-corrected chi connectivity index (χ4v) is 9.61. The first-order valence-corrected chi connectivity index (χ1v) is 16.0. The molecule has 10 aromatic rings. The highest BCUT2D eigenvalue weighted by Gasteiger charge is 2.17.